The lowest BCUT2D eigenvalue weighted by Crippen LogP contribution is -2.30. The van der Waals surface area contributed by atoms with Gasteiger partial charge in [-0.15, -0.1) is 0 Å². The summed E-state index contributed by atoms with van der Waals surface area (Å²) in [7, 11) is 0. The second-order valence-corrected chi connectivity index (χ2v) is 6.03. The van der Waals surface area contributed by atoms with E-state index in [1.54, 1.807) is 0 Å². The first-order chi connectivity index (χ1) is 11.0. The molecule has 0 aliphatic heterocycles. The first-order valence-electron chi connectivity index (χ1n) is 7.98. The molecule has 3 rings (SSSR count). The Morgan fingerprint density at radius 1 is 0.870 bits per heavy atom. The molecule has 0 spiro atoms. The molecule has 122 valence electrons. The van der Waals surface area contributed by atoms with Crippen molar-refractivity contribution in [1.82, 2.24) is 5.32 Å². The Morgan fingerprint density at radius 3 is 1.91 bits per heavy atom. The molecular formula is C19H20F3N. The van der Waals surface area contributed by atoms with Gasteiger partial charge in [0.05, 0.1) is 6.54 Å². The van der Waals surface area contributed by atoms with Crippen molar-refractivity contribution in [2.45, 2.75) is 31.4 Å². The number of benzene rings is 2. The van der Waals surface area contributed by atoms with Gasteiger partial charge < -0.3 is 5.32 Å². The number of hydrogen-bond donors (Lipinski definition) is 1. The monoisotopic (exact) mass is 319 g/mol. The Balaban J connectivity index is 1.82. The third kappa shape index (κ3) is 3.94. The zero-order valence-electron chi connectivity index (χ0n) is 12.9. The third-order valence-electron chi connectivity index (χ3n) is 4.46. The minimum absolute atomic E-state index is 0.158. The molecule has 2 aromatic rings. The van der Waals surface area contributed by atoms with Gasteiger partial charge in [0.1, 0.15) is 0 Å². The van der Waals surface area contributed by atoms with E-state index < -0.39 is 12.7 Å². The van der Waals surface area contributed by atoms with Gasteiger partial charge in [0.25, 0.3) is 0 Å². The normalized spacial score (nSPS) is 14.9. The fourth-order valence-electron chi connectivity index (χ4n) is 3.43. The SMILES string of the molecule is FC(F)(F)CNCCC1c2ccccc2CCc2ccccc21. The number of halogens is 3. The van der Waals surface area contributed by atoms with Crippen LogP contribution in [0.4, 0.5) is 13.2 Å². The first kappa shape index (κ1) is 16.1. The summed E-state index contributed by atoms with van der Waals surface area (Å²) in [5.41, 5.74) is 5.13. The molecule has 1 nitrogen and oxygen atoms in total. The maximum atomic E-state index is 12.3. The van der Waals surface area contributed by atoms with Crippen molar-refractivity contribution >= 4 is 0 Å². The Labute approximate surface area is 134 Å². The van der Waals surface area contributed by atoms with Gasteiger partial charge in [-0.05, 0) is 48.1 Å². The smallest absolute Gasteiger partial charge is 0.309 e. The predicted octanol–water partition coefficient (Wildman–Crippen LogP) is 4.46. The van der Waals surface area contributed by atoms with Gasteiger partial charge in [-0.2, -0.15) is 13.2 Å². The lowest BCUT2D eigenvalue weighted by Gasteiger charge is -2.21. The number of fused-ring (bicyclic) bond motifs is 2. The summed E-state index contributed by atoms with van der Waals surface area (Å²) in [5, 5.41) is 2.53. The van der Waals surface area contributed by atoms with Gasteiger partial charge in [-0.1, -0.05) is 48.5 Å². The molecule has 1 aliphatic carbocycles. The van der Waals surface area contributed by atoms with Crippen LogP contribution in [-0.4, -0.2) is 19.3 Å². The molecule has 0 fully saturated rings. The topological polar surface area (TPSA) is 12.0 Å². The van der Waals surface area contributed by atoms with Crippen molar-refractivity contribution in [2.24, 2.45) is 0 Å². The molecule has 23 heavy (non-hydrogen) atoms. The second-order valence-electron chi connectivity index (χ2n) is 6.03. The van der Waals surface area contributed by atoms with Gasteiger partial charge in [-0.25, -0.2) is 0 Å². The maximum Gasteiger partial charge on any atom is 0.401 e. The number of nitrogens with one attached hydrogen (secondary N) is 1. The van der Waals surface area contributed by atoms with Crippen molar-refractivity contribution in [2.75, 3.05) is 13.1 Å². The van der Waals surface area contributed by atoms with Crippen molar-refractivity contribution in [3.8, 4) is 0 Å². The van der Waals surface area contributed by atoms with E-state index in [2.05, 4.69) is 29.6 Å². The van der Waals surface area contributed by atoms with Crippen molar-refractivity contribution in [3.05, 3.63) is 70.8 Å². The molecule has 0 bridgehead atoms. The van der Waals surface area contributed by atoms with Crippen LogP contribution in [0, 0.1) is 0 Å². The second kappa shape index (κ2) is 6.75. The van der Waals surface area contributed by atoms with Gasteiger partial charge in [0.15, 0.2) is 0 Å². The highest BCUT2D eigenvalue weighted by Gasteiger charge is 2.27. The maximum absolute atomic E-state index is 12.3. The summed E-state index contributed by atoms with van der Waals surface area (Å²) in [6, 6.07) is 16.6. The van der Waals surface area contributed by atoms with Crippen LogP contribution in [0.2, 0.25) is 0 Å². The number of hydrogen-bond acceptors (Lipinski definition) is 1. The number of alkyl halides is 3. The minimum Gasteiger partial charge on any atom is -0.309 e. The van der Waals surface area contributed by atoms with Gasteiger partial charge in [0, 0.05) is 5.92 Å². The highest BCUT2D eigenvalue weighted by Crippen LogP contribution is 2.36. The van der Waals surface area contributed by atoms with Gasteiger partial charge in [0.2, 0.25) is 0 Å². The Bertz CT molecular complexity index is 616. The number of aryl methyl sites for hydroxylation is 2. The molecule has 0 saturated heterocycles. The Hall–Kier alpha value is -1.81. The van der Waals surface area contributed by atoms with Crippen LogP contribution in [0.25, 0.3) is 0 Å². The fourth-order valence-corrected chi connectivity index (χ4v) is 3.43. The van der Waals surface area contributed by atoms with E-state index in [9.17, 15) is 13.2 Å². The van der Waals surface area contributed by atoms with E-state index in [-0.39, 0.29) is 5.92 Å². The molecule has 0 aromatic heterocycles. The van der Waals surface area contributed by atoms with E-state index in [1.807, 2.05) is 24.3 Å². The highest BCUT2D eigenvalue weighted by molar-refractivity contribution is 5.44. The summed E-state index contributed by atoms with van der Waals surface area (Å²) >= 11 is 0. The summed E-state index contributed by atoms with van der Waals surface area (Å²) in [5.74, 6) is 0.158. The zero-order chi connectivity index (χ0) is 16.3. The van der Waals surface area contributed by atoms with Crippen LogP contribution in [0.5, 0.6) is 0 Å². The molecule has 0 amide bonds. The van der Waals surface area contributed by atoms with Crippen LogP contribution in [0.1, 0.15) is 34.6 Å². The molecule has 1 N–H and O–H groups in total. The van der Waals surface area contributed by atoms with Gasteiger partial charge in [-0.3, -0.25) is 0 Å². The van der Waals surface area contributed by atoms with E-state index in [0.717, 1.165) is 12.8 Å². The highest BCUT2D eigenvalue weighted by atomic mass is 19.4. The molecule has 0 unspecified atom stereocenters. The lowest BCUT2D eigenvalue weighted by molar-refractivity contribution is -0.124. The molecule has 4 heteroatoms. The predicted molar refractivity (Wildman–Crippen MR) is 85.7 cm³/mol. The Morgan fingerprint density at radius 2 is 1.39 bits per heavy atom. The van der Waals surface area contributed by atoms with Crippen LogP contribution in [-0.2, 0) is 12.8 Å². The largest absolute Gasteiger partial charge is 0.401 e. The average Bonchev–Trinajstić information content (AvgIpc) is 2.68. The summed E-state index contributed by atoms with van der Waals surface area (Å²) in [6.45, 7) is -0.574. The quantitative estimate of drug-likeness (QED) is 0.821. The van der Waals surface area contributed by atoms with E-state index in [0.29, 0.717) is 13.0 Å². The lowest BCUT2D eigenvalue weighted by atomic mass is 9.86. The standard InChI is InChI=1S/C19H20F3N/c20-19(21,22)13-23-12-11-18-16-7-3-1-5-14(16)9-10-15-6-2-4-8-17(15)18/h1-8,18,23H,9-13H2. The van der Waals surface area contributed by atoms with Crippen LogP contribution in [0.15, 0.2) is 48.5 Å². The fraction of sp³-hybridized carbons (Fsp3) is 0.368. The Kier molecular flexibility index (Phi) is 4.71. The molecule has 0 saturated carbocycles. The summed E-state index contributed by atoms with van der Waals surface area (Å²) in [6.07, 6.45) is -1.51. The van der Waals surface area contributed by atoms with Gasteiger partial charge >= 0.3 is 6.18 Å². The van der Waals surface area contributed by atoms with E-state index >= 15 is 0 Å². The number of rotatable bonds is 4. The van der Waals surface area contributed by atoms with Crippen LogP contribution in [0.3, 0.4) is 0 Å². The molecule has 0 radical (unpaired) electrons. The molecule has 0 heterocycles. The summed E-state index contributed by atoms with van der Waals surface area (Å²) in [4.78, 5) is 0. The molecular weight excluding hydrogens is 299 g/mol. The average molecular weight is 319 g/mol. The first-order valence-corrected chi connectivity index (χ1v) is 7.98. The minimum atomic E-state index is -4.15. The zero-order valence-corrected chi connectivity index (χ0v) is 12.9. The summed E-state index contributed by atoms with van der Waals surface area (Å²) < 4.78 is 36.9. The van der Waals surface area contributed by atoms with Crippen molar-refractivity contribution in [3.63, 3.8) is 0 Å². The van der Waals surface area contributed by atoms with Crippen molar-refractivity contribution in [1.29, 1.82) is 0 Å². The van der Waals surface area contributed by atoms with Crippen LogP contribution >= 0.6 is 0 Å². The molecule has 0 atom stereocenters. The van der Waals surface area contributed by atoms with E-state index in [4.69, 9.17) is 0 Å². The molecule has 2 aromatic carbocycles. The van der Waals surface area contributed by atoms with Crippen molar-refractivity contribution < 1.29 is 13.2 Å². The third-order valence-corrected chi connectivity index (χ3v) is 4.46. The van der Waals surface area contributed by atoms with E-state index in [1.165, 1.54) is 22.3 Å². The molecule has 1 aliphatic rings. The van der Waals surface area contributed by atoms with Crippen LogP contribution < -0.4 is 5.32 Å².